The van der Waals surface area contributed by atoms with Gasteiger partial charge in [0.15, 0.2) is 4.80 Å². The summed E-state index contributed by atoms with van der Waals surface area (Å²) in [5, 5.41) is 0. The molecule has 0 saturated carbocycles. The number of aromatic nitrogens is 1. The molecule has 0 saturated heterocycles. The number of rotatable bonds is 8. The van der Waals surface area contributed by atoms with Crippen LogP contribution in [0.25, 0.3) is 10.2 Å². The molecule has 3 aromatic rings. The molecule has 0 aliphatic carbocycles. The molecule has 0 N–H and O–H groups in total. The second-order valence-electron chi connectivity index (χ2n) is 5.83. The molecule has 142 valence electrons. The highest BCUT2D eigenvalue weighted by atomic mass is 79.9. The Bertz CT molecular complexity index is 967. The second-order valence-corrected chi connectivity index (χ2v) is 8.74. The third-order valence-electron chi connectivity index (χ3n) is 3.87. The molecular formula is C20H21BrN2O2S2. The molecule has 2 aromatic carbocycles. The SMILES string of the molecule is CCOCCn1c(=NC(=O)CSCc2ccccc2)sc2cc(Br)ccc21. The van der Waals surface area contributed by atoms with Crippen molar-refractivity contribution in [3.63, 3.8) is 0 Å². The van der Waals surface area contributed by atoms with Crippen LogP contribution in [0, 0.1) is 0 Å². The minimum absolute atomic E-state index is 0.105. The predicted molar refractivity (Wildman–Crippen MR) is 117 cm³/mol. The maximum Gasteiger partial charge on any atom is 0.258 e. The summed E-state index contributed by atoms with van der Waals surface area (Å²) < 4.78 is 9.69. The fourth-order valence-electron chi connectivity index (χ4n) is 2.62. The molecule has 0 aliphatic heterocycles. The summed E-state index contributed by atoms with van der Waals surface area (Å²) in [7, 11) is 0. The van der Waals surface area contributed by atoms with E-state index in [9.17, 15) is 4.79 Å². The van der Waals surface area contributed by atoms with E-state index < -0.39 is 0 Å². The Morgan fingerprint density at radius 3 is 2.85 bits per heavy atom. The summed E-state index contributed by atoms with van der Waals surface area (Å²) in [5.74, 6) is 1.08. The van der Waals surface area contributed by atoms with Crippen LogP contribution >= 0.6 is 39.0 Å². The van der Waals surface area contributed by atoms with E-state index in [-0.39, 0.29) is 5.91 Å². The third-order valence-corrected chi connectivity index (χ3v) is 6.39. The number of hydrogen-bond acceptors (Lipinski definition) is 4. The summed E-state index contributed by atoms with van der Waals surface area (Å²) in [5.41, 5.74) is 2.29. The molecule has 0 radical (unpaired) electrons. The first kappa shape index (κ1) is 20.3. The van der Waals surface area contributed by atoms with E-state index in [1.165, 1.54) is 16.9 Å². The van der Waals surface area contributed by atoms with Crippen LogP contribution < -0.4 is 4.80 Å². The van der Waals surface area contributed by atoms with Crippen molar-refractivity contribution < 1.29 is 9.53 Å². The van der Waals surface area contributed by atoms with Crippen molar-refractivity contribution in [2.45, 2.75) is 19.2 Å². The molecular weight excluding hydrogens is 444 g/mol. The zero-order chi connectivity index (χ0) is 19.1. The average Bonchev–Trinajstić information content (AvgIpc) is 2.99. The minimum Gasteiger partial charge on any atom is -0.380 e. The molecule has 27 heavy (non-hydrogen) atoms. The van der Waals surface area contributed by atoms with Crippen molar-refractivity contribution in [3.8, 4) is 0 Å². The van der Waals surface area contributed by atoms with E-state index in [4.69, 9.17) is 4.74 Å². The van der Waals surface area contributed by atoms with Gasteiger partial charge in [-0.2, -0.15) is 4.99 Å². The first-order valence-electron chi connectivity index (χ1n) is 8.73. The number of thiazole rings is 1. The Kier molecular flexibility index (Phi) is 7.70. The standard InChI is InChI=1S/C20H21BrN2O2S2/c1-2-25-11-10-23-17-9-8-16(21)12-18(17)27-20(23)22-19(24)14-26-13-15-6-4-3-5-7-15/h3-9,12H,2,10-11,13-14H2,1H3. The largest absolute Gasteiger partial charge is 0.380 e. The molecule has 1 aromatic heterocycles. The first-order chi connectivity index (χ1) is 13.2. The van der Waals surface area contributed by atoms with E-state index >= 15 is 0 Å². The number of benzene rings is 2. The van der Waals surface area contributed by atoms with Gasteiger partial charge in [-0.15, -0.1) is 11.8 Å². The van der Waals surface area contributed by atoms with Gasteiger partial charge in [-0.05, 0) is 30.7 Å². The lowest BCUT2D eigenvalue weighted by molar-refractivity contribution is -0.115. The summed E-state index contributed by atoms with van der Waals surface area (Å²) in [4.78, 5) is 17.5. The molecule has 1 heterocycles. The summed E-state index contributed by atoms with van der Waals surface area (Å²) >= 11 is 6.63. The maximum absolute atomic E-state index is 12.4. The minimum atomic E-state index is -0.105. The van der Waals surface area contributed by atoms with Crippen molar-refractivity contribution in [1.82, 2.24) is 4.57 Å². The van der Waals surface area contributed by atoms with Crippen LogP contribution in [0.4, 0.5) is 0 Å². The fraction of sp³-hybridized carbons (Fsp3) is 0.300. The molecule has 0 bridgehead atoms. The van der Waals surface area contributed by atoms with Crippen molar-refractivity contribution in [1.29, 1.82) is 0 Å². The topological polar surface area (TPSA) is 43.6 Å². The zero-order valence-electron chi connectivity index (χ0n) is 15.1. The Morgan fingerprint density at radius 1 is 1.26 bits per heavy atom. The van der Waals surface area contributed by atoms with Crippen LogP contribution in [0.5, 0.6) is 0 Å². The number of fused-ring (bicyclic) bond motifs is 1. The van der Waals surface area contributed by atoms with E-state index in [1.54, 1.807) is 11.8 Å². The van der Waals surface area contributed by atoms with Gasteiger partial charge in [-0.1, -0.05) is 57.6 Å². The van der Waals surface area contributed by atoms with E-state index in [0.717, 1.165) is 25.2 Å². The monoisotopic (exact) mass is 464 g/mol. The Labute approximate surface area is 175 Å². The summed E-state index contributed by atoms with van der Waals surface area (Å²) in [6.45, 7) is 3.93. The number of ether oxygens (including phenoxy) is 1. The third kappa shape index (κ3) is 5.78. The number of hydrogen-bond donors (Lipinski definition) is 0. The van der Waals surface area contributed by atoms with Gasteiger partial charge in [0.05, 0.1) is 22.6 Å². The Hall–Kier alpha value is -1.41. The second kappa shape index (κ2) is 10.2. The molecule has 0 unspecified atom stereocenters. The van der Waals surface area contributed by atoms with Gasteiger partial charge < -0.3 is 9.30 Å². The highest BCUT2D eigenvalue weighted by Gasteiger charge is 2.09. The molecule has 0 spiro atoms. The molecule has 0 aliphatic rings. The number of carbonyl (C=O) groups is 1. The van der Waals surface area contributed by atoms with Gasteiger partial charge in [0.2, 0.25) is 0 Å². The zero-order valence-corrected chi connectivity index (χ0v) is 18.3. The maximum atomic E-state index is 12.4. The number of thioether (sulfide) groups is 1. The number of amides is 1. The van der Waals surface area contributed by atoms with Gasteiger partial charge in [0.1, 0.15) is 0 Å². The van der Waals surface area contributed by atoms with Gasteiger partial charge in [0.25, 0.3) is 5.91 Å². The van der Waals surface area contributed by atoms with E-state index in [1.807, 2.05) is 31.2 Å². The molecule has 4 nitrogen and oxygen atoms in total. The number of carbonyl (C=O) groups excluding carboxylic acids is 1. The van der Waals surface area contributed by atoms with E-state index in [0.29, 0.717) is 25.5 Å². The van der Waals surface area contributed by atoms with Crippen molar-refractivity contribution >= 4 is 55.2 Å². The average molecular weight is 465 g/mol. The van der Waals surface area contributed by atoms with Gasteiger partial charge in [-0.25, -0.2) is 0 Å². The first-order valence-corrected chi connectivity index (χ1v) is 11.5. The van der Waals surface area contributed by atoms with Crippen molar-refractivity contribution in [2.24, 2.45) is 4.99 Å². The van der Waals surface area contributed by atoms with Crippen molar-refractivity contribution in [3.05, 3.63) is 63.4 Å². The molecule has 0 atom stereocenters. The van der Waals surface area contributed by atoms with E-state index in [2.05, 4.69) is 49.8 Å². The number of halogens is 1. The van der Waals surface area contributed by atoms with Crippen LogP contribution in [-0.2, 0) is 21.8 Å². The summed E-state index contributed by atoms with van der Waals surface area (Å²) in [6, 6.07) is 16.3. The molecule has 3 rings (SSSR count). The lowest BCUT2D eigenvalue weighted by Gasteiger charge is -2.05. The molecule has 1 amide bonds. The smallest absolute Gasteiger partial charge is 0.258 e. The van der Waals surface area contributed by atoms with Crippen LogP contribution in [0.1, 0.15) is 12.5 Å². The fourth-order valence-corrected chi connectivity index (χ4v) is 5.01. The predicted octanol–water partition coefficient (Wildman–Crippen LogP) is 4.86. The highest BCUT2D eigenvalue weighted by molar-refractivity contribution is 9.10. The lowest BCUT2D eigenvalue weighted by Crippen LogP contribution is -2.20. The highest BCUT2D eigenvalue weighted by Crippen LogP contribution is 2.22. The quantitative estimate of drug-likeness (QED) is 0.446. The van der Waals surface area contributed by atoms with Crippen LogP contribution in [0.2, 0.25) is 0 Å². The lowest BCUT2D eigenvalue weighted by atomic mass is 10.2. The number of nitrogens with zero attached hydrogens (tertiary/aromatic N) is 2. The Morgan fingerprint density at radius 2 is 2.07 bits per heavy atom. The summed E-state index contributed by atoms with van der Waals surface area (Å²) in [6.07, 6.45) is 0. The van der Waals surface area contributed by atoms with Gasteiger partial charge >= 0.3 is 0 Å². The van der Waals surface area contributed by atoms with Crippen molar-refractivity contribution in [2.75, 3.05) is 19.0 Å². The van der Waals surface area contributed by atoms with Gasteiger partial charge in [-0.3, -0.25) is 4.79 Å². The molecule has 7 heteroatoms. The van der Waals surface area contributed by atoms with Crippen LogP contribution in [0.15, 0.2) is 58.0 Å². The van der Waals surface area contributed by atoms with Crippen LogP contribution in [-0.4, -0.2) is 29.4 Å². The normalized spacial score (nSPS) is 12.0. The van der Waals surface area contributed by atoms with Gasteiger partial charge in [0, 0.05) is 23.4 Å². The van der Waals surface area contributed by atoms with Crippen LogP contribution in [0.3, 0.4) is 0 Å². The Balaban J connectivity index is 1.76. The molecule has 0 fully saturated rings.